The number of fused-ring (bicyclic) bond motifs is 5. The summed E-state index contributed by atoms with van der Waals surface area (Å²) in [7, 11) is 1.51. The normalized spacial score (nSPS) is 31.6. The van der Waals surface area contributed by atoms with Crippen molar-refractivity contribution in [2.24, 2.45) is 22.7 Å². The topological polar surface area (TPSA) is 38.7 Å². The van der Waals surface area contributed by atoms with Gasteiger partial charge in [-0.3, -0.25) is 0 Å². The molecule has 2 saturated carbocycles. The van der Waals surface area contributed by atoms with Gasteiger partial charge < -0.3 is 14.6 Å². The van der Waals surface area contributed by atoms with Crippen LogP contribution in [0.15, 0.2) is 12.1 Å². The Labute approximate surface area is 216 Å². The second kappa shape index (κ2) is 10.8. The molecule has 0 heterocycles. The second-order valence-electron chi connectivity index (χ2n) is 12.4. The number of benzene rings is 1. The van der Waals surface area contributed by atoms with Gasteiger partial charge in [0.05, 0.1) is 17.8 Å². The number of aryl methyl sites for hydroxylation is 1. The van der Waals surface area contributed by atoms with Crippen LogP contribution in [0.2, 0.25) is 0 Å². The molecule has 1 N–H and O–H groups in total. The van der Waals surface area contributed by atoms with E-state index in [1.165, 1.54) is 13.2 Å². The molecule has 0 spiro atoms. The van der Waals surface area contributed by atoms with Crippen LogP contribution in [-0.4, -0.2) is 31.0 Å². The average molecular weight is 513 g/mol. The lowest BCUT2D eigenvalue weighted by Gasteiger charge is -2.53. The summed E-state index contributed by atoms with van der Waals surface area (Å²) in [4.78, 5) is 0. The zero-order valence-corrected chi connectivity index (χ0v) is 23.4. The van der Waals surface area contributed by atoms with Gasteiger partial charge in [-0.1, -0.05) is 41.5 Å². The van der Waals surface area contributed by atoms with Gasteiger partial charge in [0, 0.05) is 7.11 Å². The molecule has 4 rings (SSSR count). The third-order valence-corrected chi connectivity index (χ3v) is 9.29. The first-order valence-electron chi connectivity index (χ1n) is 13.9. The first-order valence-corrected chi connectivity index (χ1v) is 13.9. The Bertz CT molecular complexity index is 891. The van der Waals surface area contributed by atoms with Gasteiger partial charge in [0.25, 0.3) is 0 Å². The van der Waals surface area contributed by atoms with Crippen LogP contribution in [0.1, 0.15) is 109 Å². The smallest absolute Gasteiger partial charge is 0.419 e. The molecule has 0 radical (unpaired) electrons. The van der Waals surface area contributed by atoms with Gasteiger partial charge >= 0.3 is 6.18 Å². The number of methoxy groups -OCH3 is 1. The lowest BCUT2D eigenvalue weighted by Crippen LogP contribution is -2.51. The molecule has 5 atom stereocenters. The first kappa shape index (κ1) is 29.3. The van der Waals surface area contributed by atoms with Crippen molar-refractivity contribution in [3.63, 3.8) is 0 Å². The van der Waals surface area contributed by atoms with Crippen LogP contribution in [0.25, 0.3) is 0 Å². The van der Waals surface area contributed by atoms with Crippen molar-refractivity contribution in [2.75, 3.05) is 20.3 Å². The molecular weight excluding hydrogens is 465 g/mol. The monoisotopic (exact) mass is 512 g/mol. The number of alkyl halides is 3. The number of rotatable bonds is 6. The summed E-state index contributed by atoms with van der Waals surface area (Å²) < 4.78 is 52.3. The Morgan fingerprint density at radius 2 is 1.72 bits per heavy atom. The molecule has 3 aliphatic carbocycles. The lowest BCUT2D eigenvalue weighted by molar-refractivity contribution is -0.139. The summed E-state index contributed by atoms with van der Waals surface area (Å²) >= 11 is 0. The molecule has 206 valence electrons. The molecule has 0 amide bonds. The van der Waals surface area contributed by atoms with E-state index < -0.39 is 17.3 Å². The van der Waals surface area contributed by atoms with Gasteiger partial charge in [0.15, 0.2) is 0 Å². The van der Waals surface area contributed by atoms with Crippen molar-refractivity contribution in [1.29, 1.82) is 0 Å². The van der Waals surface area contributed by atoms with Crippen molar-refractivity contribution in [2.45, 2.75) is 111 Å². The van der Waals surface area contributed by atoms with E-state index in [4.69, 9.17) is 9.47 Å². The molecule has 3 aliphatic rings. The largest absolute Gasteiger partial charge is 0.491 e. The summed E-state index contributed by atoms with van der Waals surface area (Å²) in [6.45, 7) is 13.2. The van der Waals surface area contributed by atoms with E-state index in [9.17, 15) is 18.3 Å². The molecule has 0 bridgehead atoms. The number of halogens is 3. The molecule has 0 aromatic heterocycles. The number of aliphatic hydroxyl groups is 1. The quantitative estimate of drug-likeness (QED) is 0.391. The van der Waals surface area contributed by atoms with Gasteiger partial charge in [0.1, 0.15) is 12.4 Å². The van der Waals surface area contributed by atoms with Crippen LogP contribution in [0.3, 0.4) is 0 Å². The summed E-state index contributed by atoms with van der Waals surface area (Å²) in [6.07, 6.45) is 2.53. The lowest BCUT2D eigenvalue weighted by atomic mass is 9.52. The maximum Gasteiger partial charge on any atom is 0.419 e. The molecular formula is C30H47F3O3. The van der Waals surface area contributed by atoms with Crippen LogP contribution in [-0.2, 0) is 17.3 Å². The SMILES string of the molecule is CC.COCCOc1cc2c(cc1C(F)(F)F)C1CCC3(C)C(CCC3(O)CCC(C)(C)C)C1CC2. The predicted molar refractivity (Wildman–Crippen MR) is 138 cm³/mol. The van der Waals surface area contributed by atoms with Gasteiger partial charge in [-0.25, -0.2) is 0 Å². The molecule has 5 unspecified atom stereocenters. The Morgan fingerprint density at radius 1 is 1.03 bits per heavy atom. The zero-order chi connectivity index (χ0) is 26.9. The van der Waals surface area contributed by atoms with E-state index in [1.54, 1.807) is 6.07 Å². The fourth-order valence-electron chi connectivity index (χ4n) is 7.28. The molecule has 3 nitrogen and oxygen atoms in total. The number of hydrogen-bond acceptors (Lipinski definition) is 3. The molecule has 0 aliphatic heterocycles. The van der Waals surface area contributed by atoms with Crippen LogP contribution < -0.4 is 4.74 Å². The minimum absolute atomic E-state index is 0.0835. The number of ether oxygens (including phenoxy) is 2. The molecule has 6 heteroatoms. The Hall–Kier alpha value is -1.27. The van der Waals surface area contributed by atoms with Crippen LogP contribution >= 0.6 is 0 Å². The molecule has 1 aromatic carbocycles. The minimum Gasteiger partial charge on any atom is -0.491 e. The molecule has 2 fully saturated rings. The van der Waals surface area contributed by atoms with E-state index in [2.05, 4.69) is 27.7 Å². The summed E-state index contributed by atoms with van der Waals surface area (Å²) in [5, 5.41) is 11.8. The highest BCUT2D eigenvalue weighted by Gasteiger charge is 2.61. The zero-order valence-electron chi connectivity index (χ0n) is 23.4. The highest BCUT2D eigenvalue weighted by atomic mass is 19.4. The van der Waals surface area contributed by atoms with Gasteiger partial charge in [0.2, 0.25) is 0 Å². The van der Waals surface area contributed by atoms with Crippen LogP contribution in [0.4, 0.5) is 13.2 Å². The maximum atomic E-state index is 14.0. The fourth-order valence-corrected chi connectivity index (χ4v) is 7.28. The van der Waals surface area contributed by atoms with E-state index in [-0.39, 0.29) is 35.7 Å². The van der Waals surface area contributed by atoms with Crippen molar-refractivity contribution < 1.29 is 27.8 Å². The molecule has 36 heavy (non-hydrogen) atoms. The van der Waals surface area contributed by atoms with Crippen molar-refractivity contribution in [3.8, 4) is 5.75 Å². The molecule has 1 aromatic rings. The van der Waals surface area contributed by atoms with Crippen LogP contribution in [0.5, 0.6) is 5.75 Å². The maximum absolute atomic E-state index is 14.0. The molecule has 0 saturated heterocycles. The van der Waals surface area contributed by atoms with Crippen molar-refractivity contribution in [3.05, 3.63) is 28.8 Å². The minimum atomic E-state index is -4.46. The predicted octanol–water partition coefficient (Wildman–Crippen LogP) is 8.17. The average Bonchev–Trinajstić information content (AvgIpc) is 3.08. The van der Waals surface area contributed by atoms with Crippen molar-refractivity contribution >= 4 is 0 Å². The standard InChI is InChI=1S/C28H41F3O3.C2H6/c1-25(2,3)12-13-27(32)11-9-22-20-7-6-18-16-24(34-15-14-33-5)23(28(29,30)31)17-21(18)19(20)8-10-26(22,27)4;1-2/h16-17,19-20,22,32H,6-15H2,1-5H3;1-2H3. The third-order valence-electron chi connectivity index (χ3n) is 9.29. The Morgan fingerprint density at radius 3 is 2.33 bits per heavy atom. The third kappa shape index (κ3) is 5.60. The Kier molecular flexibility index (Phi) is 8.82. The van der Waals surface area contributed by atoms with Crippen LogP contribution in [0, 0.1) is 22.7 Å². The van der Waals surface area contributed by atoms with E-state index >= 15 is 0 Å². The van der Waals surface area contributed by atoms with E-state index in [0.29, 0.717) is 11.8 Å². The summed E-state index contributed by atoms with van der Waals surface area (Å²) in [5.41, 5.74) is 0.507. The van der Waals surface area contributed by atoms with E-state index in [0.717, 1.165) is 62.5 Å². The highest BCUT2D eigenvalue weighted by Crippen LogP contribution is 2.65. The second-order valence-corrected chi connectivity index (χ2v) is 12.4. The number of hydrogen-bond donors (Lipinski definition) is 1. The highest BCUT2D eigenvalue weighted by molar-refractivity contribution is 5.47. The first-order chi connectivity index (χ1) is 16.8. The van der Waals surface area contributed by atoms with Gasteiger partial charge in [-0.15, -0.1) is 0 Å². The van der Waals surface area contributed by atoms with E-state index in [1.807, 2.05) is 13.8 Å². The summed E-state index contributed by atoms with van der Waals surface area (Å²) in [6, 6.07) is 3.00. The Balaban J connectivity index is 0.00000176. The van der Waals surface area contributed by atoms with Gasteiger partial charge in [-0.2, -0.15) is 13.2 Å². The van der Waals surface area contributed by atoms with Crippen molar-refractivity contribution in [1.82, 2.24) is 0 Å². The fraction of sp³-hybridized carbons (Fsp3) is 0.800. The summed E-state index contributed by atoms with van der Waals surface area (Å²) in [5.74, 6) is 0.730. The van der Waals surface area contributed by atoms with Gasteiger partial charge in [-0.05, 0) is 103 Å².